The van der Waals surface area contributed by atoms with Crippen molar-refractivity contribution in [1.82, 2.24) is 4.90 Å². The lowest BCUT2D eigenvalue weighted by atomic mass is 9.61. The molecule has 3 atom stereocenters. The van der Waals surface area contributed by atoms with Gasteiger partial charge in [0.1, 0.15) is 0 Å². The van der Waals surface area contributed by atoms with E-state index in [1.807, 2.05) is 4.90 Å². The molecular formula is C13H17NO2. The fraction of sp³-hybridized carbons (Fsp3) is 0.692. The first-order valence-electron chi connectivity index (χ1n) is 6.17. The third-order valence-corrected chi connectivity index (χ3v) is 4.27. The van der Waals surface area contributed by atoms with Gasteiger partial charge in [-0.05, 0) is 24.7 Å². The van der Waals surface area contributed by atoms with Crippen molar-refractivity contribution in [2.75, 3.05) is 0 Å². The molecule has 0 N–H and O–H groups in total. The molecule has 86 valence electrons. The molecule has 0 spiro atoms. The quantitative estimate of drug-likeness (QED) is 0.673. The Hall–Kier alpha value is -1.12. The van der Waals surface area contributed by atoms with Crippen molar-refractivity contribution < 1.29 is 9.59 Å². The topological polar surface area (TPSA) is 37.4 Å². The number of amides is 1. The van der Waals surface area contributed by atoms with Gasteiger partial charge in [0, 0.05) is 30.2 Å². The average Bonchev–Trinajstić information content (AvgIpc) is 2.18. The molecule has 0 radical (unpaired) electrons. The standard InChI is InChI=1S/C13H17NO2/c1-7(2)10-6-11(15)9-5-8-3-4-12(16)14(10)13(8)9/h6-9,13H,3-5H2,1-2H3/t8-,9-,13-/m0/s1. The molecular weight excluding hydrogens is 202 g/mol. The van der Waals surface area contributed by atoms with E-state index in [0.717, 1.165) is 18.5 Å². The van der Waals surface area contributed by atoms with Crippen LogP contribution in [0.2, 0.25) is 0 Å². The first-order valence-corrected chi connectivity index (χ1v) is 6.17. The average molecular weight is 219 g/mol. The van der Waals surface area contributed by atoms with Gasteiger partial charge in [0.05, 0.1) is 0 Å². The van der Waals surface area contributed by atoms with E-state index in [0.29, 0.717) is 12.3 Å². The predicted octanol–water partition coefficient (Wildman–Crippen LogP) is 1.74. The van der Waals surface area contributed by atoms with Gasteiger partial charge in [-0.15, -0.1) is 0 Å². The lowest BCUT2D eigenvalue weighted by Gasteiger charge is -2.55. The summed E-state index contributed by atoms with van der Waals surface area (Å²) in [5.41, 5.74) is 0.945. The minimum absolute atomic E-state index is 0.108. The molecule has 2 fully saturated rings. The van der Waals surface area contributed by atoms with Gasteiger partial charge in [0.15, 0.2) is 5.78 Å². The van der Waals surface area contributed by atoms with Crippen LogP contribution in [-0.4, -0.2) is 22.6 Å². The van der Waals surface area contributed by atoms with Gasteiger partial charge in [-0.3, -0.25) is 9.59 Å². The van der Waals surface area contributed by atoms with Crippen LogP contribution in [-0.2, 0) is 9.59 Å². The van der Waals surface area contributed by atoms with Gasteiger partial charge >= 0.3 is 0 Å². The van der Waals surface area contributed by atoms with E-state index in [2.05, 4.69) is 13.8 Å². The molecule has 16 heavy (non-hydrogen) atoms. The second-order valence-electron chi connectivity index (χ2n) is 5.52. The number of hydrogen-bond donors (Lipinski definition) is 0. The normalized spacial score (nSPS) is 37.1. The first kappa shape index (κ1) is 10.1. The number of rotatable bonds is 1. The molecule has 1 saturated heterocycles. The third-order valence-electron chi connectivity index (χ3n) is 4.27. The number of nitrogens with zero attached hydrogens (tertiary/aromatic N) is 1. The first-order chi connectivity index (χ1) is 7.59. The van der Waals surface area contributed by atoms with E-state index in [4.69, 9.17) is 0 Å². The SMILES string of the molecule is CC(C)C1=CC(=O)[C@@H]2C[C@@H]3CCC(=O)N1[C@@H]32. The second kappa shape index (κ2) is 3.19. The van der Waals surface area contributed by atoms with E-state index < -0.39 is 0 Å². The lowest BCUT2D eigenvalue weighted by Crippen LogP contribution is -2.63. The van der Waals surface area contributed by atoms with Crippen molar-refractivity contribution in [2.24, 2.45) is 17.8 Å². The Morgan fingerprint density at radius 3 is 2.81 bits per heavy atom. The minimum atomic E-state index is 0.108. The second-order valence-corrected chi connectivity index (χ2v) is 5.52. The fourth-order valence-electron chi connectivity index (χ4n) is 3.38. The molecule has 3 aliphatic rings. The minimum Gasteiger partial charge on any atom is -0.312 e. The molecule has 1 amide bonds. The molecule has 1 aliphatic carbocycles. The maximum Gasteiger partial charge on any atom is 0.227 e. The fourth-order valence-corrected chi connectivity index (χ4v) is 3.38. The zero-order chi connectivity index (χ0) is 11.4. The highest BCUT2D eigenvalue weighted by molar-refractivity contribution is 5.97. The Kier molecular flexibility index (Phi) is 2.00. The van der Waals surface area contributed by atoms with E-state index in [1.54, 1.807) is 6.08 Å². The van der Waals surface area contributed by atoms with Crippen molar-refractivity contribution in [3.8, 4) is 0 Å². The Balaban J connectivity index is 2.03. The summed E-state index contributed by atoms with van der Waals surface area (Å²) in [5.74, 6) is 1.41. The molecule has 2 aliphatic heterocycles. The van der Waals surface area contributed by atoms with Crippen molar-refractivity contribution >= 4 is 11.7 Å². The highest BCUT2D eigenvalue weighted by Gasteiger charge is 2.54. The van der Waals surface area contributed by atoms with Crippen LogP contribution in [0.4, 0.5) is 0 Å². The number of allylic oxidation sites excluding steroid dienone is 2. The molecule has 3 rings (SSSR count). The lowest BCUT2D eigenvalue weighted by molar-refractivity contribution is -0.151. The molecule has 0 aromatic rings. The number of carbonyl (C=O) groups excluding carboxylic acids is 2. The van der Waals surface area contributed by atoms with Crippen LogP contribution in [0.5, 0.6) is 0 Å². The van der Waals surface area contributed by atoms with E-state index in [9.17, 15) is 9.59 Å². The van der Waals surface area contributed by atoms with Gasteiger partial charge in [0.25, 0.3) is 0 Å². The highest BCUT2D eigenvalue weighted by atomic mass is 16.2. The largest absolute Gasteiger partial charge is 0.312 e. The van der Waals surface area contributed by atoms with Crippen LogP contribution < -0.4 is 0 Å². The van der Waals surface area contributed by atoms with Crippen LogP contribution in [0.3, 0.4) is 0 Å². The summed E-state index contributed by atoms with van der Waals surface area (Å²) in [6, 6.07) is 0.205. The van der Waals surface area contributed by atoms with Gasteiger partial charge in [-0.1, -0.05) is 13.8 Å². The Labute approximate surface area is 95.5 Å². The molecule has 0 aromatic heterocycles. The Bertz CT molecular complexity index is 397. The van der Waals surface area contributed by atoms with E-state index >= 15 is 0 Å². The van der Waals surface area contributed by atoms with Crippen LogP contribution in [0.25, 0.3) is 0 Å². The maximum atomic E-state index is 12.0. The van der Waals surface area contributed by atoms with Gasteiger partial charge in [0.2, 0.25) is 5.91 Å². The third kappa shape index (κ3) is 1.14. The van der Waals surface area contributed by atoms with Crippen molar-refractivity contribution in [3.63, 3.8) is 0 Å². The van der Waals surface area contributed by atoms with E-state index in [-0.39, 0.29) is 29.6 Å². The molecule has 3 nitrogen and oxygen atoms in total. The summed E-state index contributed by atoms with van der Waals surface area (Å²) in [7, 11) is 0. The van der Waals surface area contributed by atoms with Crippen LogP contribution in [0.15, 0.2) is 11.8 Å². The summed E-state index contributed by atoms with van der Waals surface area (Å²) < 4.78 is 0. The smallest absolute Gasteiger partial charge is 0.227 e. The number of hydrogen-bond acceptors (Lipinski definition) is 2. The summed E-state index contributed by atoms with van der Waals surface area (Å²) >= 11 is 0. The molecule has 0 aromatic carbocycles. The highest BCUT2D eigenvalue weighted by Crippen LogP contribution is 2.49. The van der Waals surface area contributed by atoms with Crippen LogP contribution >= 0.6 is 0 Å². The summed E-state index contributed by atoms with van der Waals surface area (Å²) in [5, 5.41) is 0. The number of ketones is 1. The van der Waals surface area contributed by atoms with Crippen LogP contribution in [0.1, 0.15) is 33.1 Å². The zero-order valence-corrected chi connectivity index (χ0v) is 9.77. The summed E-state index contributed by atoms with van der Waals surface area (Å²) in [6.45, 7) is 4.10. The van der Waals surface area contributed by atoms with Crippen molar-refractivity contribution in [2.45, 2.75) is 39.2 Å². The number of piperidine rings is 1. The number of carbonyl (C=O) groups is 2. The molecule has 0 unspecified atom stereocenters. The summed E-state index contributed by atoms with van der Waals surface area (Å²) in [6.07, 6.45) is 4.35. The Morgan fingerprint density at radius 2 is 2.12 bits per heavy atom. The molecule has 1 saturated carbocycles. The van der Waals surface area contributed by atoms with Crippen molar-refractivity contribution in [3.05, 3.63) is 11.8 Å². The molecule has 3 heteroatoms. The zero-order valence-electron chi connectivity index (χ0n) is 9.77. The summed E-state index contributed by atoms with van der Waals surface area (Å²) in [4.78, 5) is 25.8. The predicted molar refractivity (Wildman–Crippen MR) is 59.4 cm³/mol. The van der Waals surface area contributed by atoms with Gasteiger partial charge < -0.3 is 4.90 Å². The van der Waals surface area contributed by atoms with E-state index in [1.165, 1.54) is 0 Å². The van der Waals surface area contributed by atoms with Gasteiger partial charge in [-0.2, -0.15) is 0 Å². The van der Waals surface area contributed by atoms with Gasteiger partial charge in [-0.25, -0.2) is 0 Å². The Morgan fingerprint density at radius 1 is 1.38 bits per heavy atom. The monoisotopic (exact) mass is 219 g/mol. The molecule has 0 bridgehead atoms. The molecule has 2 heterocycles. The van der Waals surface area contributed by atoms with Crippen molar-refractivity contribution in [1.29, 1.82) is 0 Å². The maximum absolute atomic E-state index is 12.0. The van der Waals surface area contributed by atoms with Crippen LogP contribution in [0, 0.1) is 17.8 Å².